The van der Waals surface area contributed by atoms with Crippen LogP contribution in [0.5, 0.6) is 0 Å². The summed E-state index contributed by atoms with van der Waals surface area (Å²) in [6, 6.07) is 0.519. The molecule has 0 aliphatic rings. The smallest absolute Gasteiger partial charge is 0.130 e. The number of nitrogens with one attached hydrogen (secondary N) is 1. The van der Waals surface area contributed by atoms with Gasteiger partial charge in [0.1, 0.15) is 5.15 Å². The summed E-state index contributed by atoms with van der Waals surface area (Å²) >= 11 is 6.10. The molecule has 0 spiro atoms. The zero-order valence-electron chi connectivity index (χ0n) is 9.26. The summed E-state index contributed by atoms with van der Waals surface area (Å²) in [7, 11) is 1.87. The van der Waals surface area contributed by atoms with Crippen molar-refractivity contribution in [1.29, 1.82) is 0 Å². The molecule has 0 radical (unpaired) electrons. The Balaban J connectivity index is 2.58. The fourth-order valence-electron chi connectivity index (χ4n) is 1.44. The first-order chi connectivity index (χ1) is 6.52. The van der Waals surface area contributed by atoms with Crippen molar-refractivity contribution in [1.82, 2.24) is 15.1 Å². The molecule has 0 aliphatic carbocycles. The van der Waals surface area contributed by atoms with E-state index in [1.807, 2.05) is 14.0 Å². The molecular weight excluding hydrogens is 198 g/mol. The third kappa shape index (κ3) is 2.72. The summed E-state index contributed by atoms with van der Waals surface area (Å²) in [5, 5.41) is 8.38. The molecule has 4 heteroatoms. The SMILES string of the molecule is Cc1nn(C)c(Cl)c1CCNC(C)C. The minimum absolute atomic E-state index is 0.519. The van der Waals surface area contributed by atoms with Crippen LogP contribution in [0.25, 0.3) is 0 Å². The third-order valence-corrected chi connectivity index (χ3v) is 2.67. The van der Waals surface area contributed by atoms with E-state index in [4.69, 9.17) is 11.6 Å². The lowest BCUT2D eigenvalue weighted by atomic mass is 10.2. The lowest BCUT2D eigenvalue weighted by Gasteiger charge is -2.07. The van der Waals surface area contributed by atoms with E-state index in [0.29, 0.717) is 6.04 Å². The second-order valence-electron chi connectivity index (χ2n) is 3.84. The molecule has 0 unspecified atom stereocenters. The number of nitrogens with zero attached hydrogens (tertiary/aromatic N) is 2. The van der Waals surface area contributed by atoms with Crippen molar-refractivity contribution < 1.29 is 0 Å². The van der Waals surface area contributed by atoms with Crippen LogP contribution in [0.2, 0.25) is 5.15 Å². The summed E-state index contributed by atoms with van der Waals surface area (Å²) in [6.45, 7) is 7.22. The molecule has 1 N–H and O–H groups in total. The van der Waals surface area contributed by atoms with E-state index in [2.05, 4.69) is 24.3 Å². The van der Waals surface area contributed by atoms with Gasteiger partial charge in [-0.2, -0.15) is 5.10 Å². The molecule has 0 atom stereocenters. The molecule has 3 nitrogen and oxygen atoms in total. The first-order valence-electron chi connectivity index (χ1n) is 4.93. The van der Waals surface area contributed by atoms with Gasteiger partial charge in [-0.3, -0.25) is 4.68 Å². The summed E-state index contributed by atoms with van der Waals surface area (Å²) in [4.78, 5) is 0. The van der Waals surface area contributed by atoms with Gasteiger partial charge in [-0.05, 0) is 19.9 Å². The average molecular weight is 216 g/mol. The highest BCUT2D eigenvalue weighted by molar-refractivity contribution is 6.30. The number of halogens is 1. The summed E-state index contributed by atoms with van der Waals surface area (Å²) in [5.74, 6) is 0. The molecule has 80 valence electrons. The van der Waals surface area contributed by atoms with Gasteiger partial charge in [-0.1, -0.05) is 25.4 Å². The minimum atomic E-state index is 0.519. The number of aromatic nitrogens is 2. The number of hydrogen-bond donors (Lipinski definition) is 1. The van der Waals surface area contributed by atoms with Gasteiger partial charge in [0.25, 0.3) is 0 Å². The van der Waals surface area contributed by atoms with E-state index in [-0.39, 0.29) is 0 Å². The molecule has 0 saturated heterocycles. The molecule has 0 aliphatic heterocycles. The quantitative estimate of drug-likeness (QED) is 0.832. The molecule has 0 aromatic carbocycles. The predicted octanol–water partition coefficient (Wildman–Crippen LogP) is 1.92. The molecular formula is C10H18ClN3. The molecule has 0 fully saturated rings. The summed E-state index contributed by atoms with van der Waals surface area (Å²) < 4.78 is 1.72. The predicted molar refractivity (Wildman–Crippen MR) is 59.8 cm³/mol. The van der Waals surface area contributed by atoms with E-state index < -0.39 is 0 Å². The van der Waals surface area contributed by atoms with Crippen molar-refractivity contribution in [3.63, 3.8) is 0 Å². The minimum Gasteiger partial charge on any atom is -0.314 e. The number of aryl methyl sites for hydroxylation is 2. The fraction of sp³-hybridized carbons (Fsp3) is 0.700. The topological polar surface area (TPSA) is 29.9 Å². The first kappa shape index (κ1) is 11.5. The molecule has 0 bridgehead atoms. The van der Waals surface area contributed by atoms with Crippen LogP contribution in [0.3, 0.4) is 0 Å². The Morgan fingerprint density at radius 2 is 2.14 bits per heavy atom. The van der Waals surface area contributed by atoms with Crippen molar-refractivity contribution in [2.24, 2.45) is 7.05 Å². The van der Waals surface area contributed by atoms with E-state index in [1.54, 1.807) is 4.68 Å². The van der Waals surface area contributed by atoms with Gasteiger partial charge >= 0.3 is 0 Å². The molecule has 0 saturated carbocycles. The van der Waals surface area contributed by atoms with Crippen LogP contribution in [-0.4, -0.2) is 22.4 Å². The van der Waals surface area contributed by atoms with Gasteiger partial charge in [0, 0.05) is 18.7 Å². The highest BCUT2D eigenvalue weighted by Gasteiger charge is 2.10. The molecule has 14 heavy (non-hydrogen) atoms. The highest BCUT2D eigenvalue weighted by Crippen LogP contribution is 2.18. The molecule has 1 rings (SSSR count). The third-order valence-electron chi connectivity index (χ3n) is 2.20. The van der Waals surface area contributed by atoms with Crippen molar-refractivity contribution in [3.8, 4) is 0 Å². The standard InChI is InChI=1S/C10H18ClN3/c1-7(2)12-6-5-9-8(3)13-14(4)10(9)11/h7,12H,5-6H2,1-4H3. The van der Waals surface area contributed by atoms with Crippen molar-refractivity contribution in [2.75, 3.05) is 6.54 Å². The van der Waals surface area contributed by atoms with Gasteiger partial charge in [0.05, 0.1) is 5.69 Å². The Morgan fingerprint density at radius 3 is 2.57 bits per heavy atom. The molecule has 0 amide bonds. The lowest BCUT2D eigenvalue weighted by Crippen LogP contribution is -2.25. The van der Waals surface area contributed by atoms with Gasteiger partial charge in [0.2, 0.25) is 0 Å². The van der Waals surface area contributed by atoms with E-state index >= 15 is 0 Å². The van der Waals surface area contributed by atoms with Crippen molar-refractivity contribution in [2.45, 2.75) is 33.2 Å². The zero-order valence-corrected chi connectivity index (χ0v) is 10.0. The van der Waals surface area contributed by atoms with Crippen LogP contribution in [-0.2, 0) is 13.5 Å². The molecule has 1 heterocycles. The van der Waals surface area contributed by atoms with Gasteiger partial charge < -0.3 is 5.32 Å². The van der Waals surface area contributed by atoms with E-state index in [1.165, 1.54) is 0 Å². The number of hydrogen-bond acceptors (Lipinski definition) is 2. The van der Waals surface area contributed by atoms with Crippen LogP contribution in [0.4, 0.5) is 0 Å². The largest absolute Gasteiger partial charge is 0.314 e. The van der Waals surface area contributed by atoms with E-state index in [0.717, 1.165) is 29.4 Å². The maximum Gasteiger partial charge on any atom is 0.130 e. The van der Waals surface area contributed by atoms with Gasteiger partial charge in [0.15, 0.2) is 0 Å². The zero-order chi connectivity index (χ0) is 10.7. The van der Waals surface area contributed by atoms with Gasteiger partial charge in [-0.15, -0.1) is 0 Å². The van der Waals surface area contributed by atoms with Crippen molar-refractivity contribution in [3.05, 3.63) is 16.4 Å². The van der Waals surface area contributed by atoms with Crippen LogP contribution in [0.15, 0.2) is 0 Å². The Morgan fingerprint density at radius 1 is 1.50 bits per heavy atom. The fourth-order valence-corrected chi connectivity index (χ4v) is 1.71. The van der Waals surface area contributed by atoms with Crippen LogP contribution < -0.4 is 5.32 Å². The van der Waals surface area contributed by atoms with Crippen LogP contribution in [0.1, 0.15) is 25.1 Å². The number of rotatable bonds is 4. The Kier molecular flexibility index (Phi) is 3.96. The highest BCUT2D eigenvalue weighted by atomic mass is 35.5. The maximum absolute atomic E-state index is 6.10. The van der Waals surface area contributed by atoms with E-state index in [9.17, 15) is 0 Å². The Bertz CT molecular complexity index is 305. The van der Waals surface area contributed by atoms with Crippen LogP contribution >= 0.6 is 11.6 Å². The second-order valence-corrected chi connectivity index (χ2v) is 4.20. The average Bonchev–Trinajstić information content (AvgIpc) is 2.31. The van der Waals surface area contributed by atoms with Crippen LogP contribution in [0, 0.1) is 6.92 Å². The molecule has 1 aromatic rings. The first-order valence-corrected chi connectivity index (χ1v) is 5.31. The lowest BCUT2D eigenvalue weighted by molar-refractivity contribution is 0.590. The maximum atomic E-state index is 6.10. The van der Waals surface area contributed by atoms with Crippen molar-refractivity contribution >= 4 is 11.6 Å². The monoisotopic (exact) mass is 215 g/mol. The second kappa shape index (κ2) is 4.80. The molecule has 1 aromatic heterocycles. The normalized spacial score (nSPS) is 11.3. The Labute approximate surface area is 90.4 Å². The summed E-state index contributed by atoms with van der Waals surface area (Å²) in [5.41, 5.74) is 2.19. The Hall–Kier alpha value is -0.540. The van der Waals surface area contributed by atoms with Gasteiger partial charge in [-0.25, -0.2) is 0 Å². The summed E-state index contributed by atoms with van der Waals surface area (Å²) in [6.07, 6.45) is 0.941.